The van der Waals surface area contributed by atoms with Crippen LogP contribution in [-0.2, 0) is 4.79 Å². The average molecular weight is 547 g/mol. The molecule has 1 atom stereocenters. The molecular formula is C32H30N6O3. The number of nitrogen functional groups attached to an aromatic ring is 1. The van der Waals surface area contributed by atoms with Gasteiger partial charge < -0.3 is 20.1 Å². The summed E-state index contributed by atoms with van der Waals surface area (Å²) in [7, 11) is 0. The highest BCUT2D eigenvalue weighted by molar-refractivity contribution is 5.98. The van der Waals surface area contributed by atoms with Gasteiger partial charge in [0.05, 0.1) is 11.4 Å². The second-order valence-electron chi connectivity index (χ2n) is 9.94. The quantitative estimate of drug-likeness (QED) is 0.250. The van der Waals surface area contributed by atoms with Crippen molar-refractivity contribution in [3.05, 3.63) is 103 Å². The molecule has 9 heteroatoms. The Kier molecular flexibility index (Phi) is 7.32. The van der Waals surface area contributed by atoms with Gasteiger partial charge in [-0.15, -0.1) is 0 Å². The Morgan fingerprint density at radius 2 is 1.61 bits per heavy atom. The molecule has 1 saturated heterocycles. The second kappa shape index (κ2) is 11.5. The van der Waals surface area contributed by atoms with Crippen molar-refractivity contribution in [1.29, 1.82) is 0 Å². The maximum Gasteiger partial charge on any atom is 0.252 e. The van der Waals surface area contributed by atoms with E-state index in [4.69, 9.17) is 20.3 Å². The summed E-state index contributed by atoms with van der Waals surface area (Å²) in [5.41, 5.74) is 8.95. The van der Waals surface area contributed by atoms with Crippen LogP contribution in [0.4, 0.5) is 5.82 Å². The molecule has 3 heterocycles. The molecule has 1 unspecified atom stereocenters. The molecule has 0 radical (unpaired) electrons. The Morgan fingerprint density at radius 3 is 2.34 bits per heavy atom. The highest BCUT2D eigenvalue weighted by atomic mass is 16.5. The van der Waals surface area contributed by atoms with Gasteiger partial charge in [-0.05, 0) is 61.4 Å². The maximum atomic E-state index is 13.3. The molecule has 9 nitrogen and oxygen atoms in total. The Labute approximate surface area is 237 Å². The third kappa shape index (κ3) is 5.60. The van der Waals surface area contributed by atoms with Crippen molar-refractivity contribution in [2.24, 2.45) is 0 Å². The summed E-state index contributed by atoms with van der Waals surface area (Å²) in [5, 5.41) is 5.67. The van der Waals surface area contributed by atoms with Crippen LogP contribution in [0.3, 0.4) is 0 Å². The molecule has 2 aromatic heterocycles. The summed E-state index contributed by atoms with van der Waals surface area (Å²) >= 11 is 0. The maximum absolute atomic E-state index is 13.3. The van der Waals surface area contributed by atoms with E-state index in [9.17, 15) is 4.79 Å². The zero-order valence-electron chi connectivity index (χ0n) is 22.5. The lowest BCUT2D eigenvalue weighted by molar-refractivity contribution is -0.129. The number of carbonyl (C=O) groups is 1. The van der Waals surface area contributed by atoms with E-state index in [0.29, 0.717) is 52.7 Å². The number of amides is 1. The molecule has 5 aromatic rings. The van der Waals surface area contributed by atoms with E-state index in [-0.39, 0.29) is 18.6 Å². The number of nitrogens with zero attached hydrogens (tertiary/aromatic N) is 5. The minimum Gasteiger partial charge on any atom is -0.489 e. The molecule has 2 N–H and O–H groups in total. The van der Waals surface area contributed by atoms with E-state index >= 15 is 0 Å². The van der Waals surface area contributed by atoms with Gasteiger partial charge in [-0.2, -0.15) is 5.10 Å². The number of ether oxygens (including phenoxy) is 2. The van der Waals surface area contributed by atoms with Gasteiger partial charge in [0, 0.05) is 24.2 Å². The van der Waals surface area contributed by atoms with Crippen molar-refractivity contribution in [3.8, 4) is 28.5 Å². The Bertz CT molecular complexity index is 1670. The van der Waals surface area contributed by atoms with Crippen molar-refractivity contribution in [2.45, 2.75) is 18.9 Å². The molecule has 0 saturated carbocycles. The summed E-state index contributed by atoms with van der Waals surface area (Å²) in [5.74, 6) is 2.41. The van der Waals surface area contributed by atoms with Gasteiger partial charge in [-0.3, -0.25) is 4.79 Å². The van der Waals surface area contributed by atoms with Crippen molar-refractivity contribution in [2.75, 3.05) is 25.4 Å². The van der Waals surface area contributed by atoms with Crippen LogP contribution in [-0.4, -0.2) is 50.3 Å². The van der Waals surface area contributed by atoms with Crippen molar-refractivity contribution < 1.29 is 14.3 Å². The monoisotopic (exact) mass is 546 g/mol. The number of carbonyl (C=O) groups excluding carboxylic acids is 1. The van der Waals surface area contributed by atoms with Crippen LogP contribution in [0.1, 0.15) is 18.9 Å². The van der Waals surface area contributed by atoms with E-state index in [1.807, 2.05) is 94.5 Å². The fraction of sp³-hybridized carbons (Fsp3) is 0.188. The minimum atomic E-state index is -0.120. The normalized spacial score (nSPS) is 15.0. The van der Waals surface area contributed by atoms with E-state index in [0.717, 1.165) is 24.2 Å². The molecule has 1 amide bonds. The molecule has 1 aliphatic heterocycles. The first kappa shape index (κ1) is 26.1. The van der Waals surface area contributed by atoms with Crippen LogP contribution < -0.4 is 15.2 Å². The van der Waals surface area contributed by atoms with Gasteiger partial charge in [0.2, 0.25) is 0 Å². The van der Waals surface area contributed by atoms with E-state index in [2.05, 4.69) is 16.5 Å². The van der Waals surface area contributed by atoms with Crippen LogP contribution in [0, 0.1) is 0 Å². The summed E-state index contributed by atoms with van der Waals surface area (Å²) < 4.78 is 13.6. The fourth-order valence-electron chi connectivity index (χ4n) is 5.07. The number of nitrogens with two attached hydrogens (primary N) is 1. The first-order valence-corrected chi connectivity index (χ1v) is 13.5. The Hall–Kier alpha value is -5.18. The number of rotatable bonds is 8. The molecular weight excluding hydrogens is 516 g/mol. The van der Waals surface area contributed by atoms with Gasteiger partial charge in [0.15, 0.2) is 5.65 Å². The summed E-state index contributed by atoms with van der Waals surface area (Å²) in [6.07, 6.45) is 3.12. The topological polar surface area (TPSA) is 108 Å². The molecule has 0 spiro atoms. The molecule has 6 rings (SSSR count). The summed E-state index contributed by atoms with van der Waals surface area (Å²) in [4.78, 5) is 23.9. The molecule has 41 heavy (non-hydrogen) atoms. The SMILES string of the molecule is C=C(COc1ccccc1)C(=O)N1CCCC(n2nc(-c3ccc(Oc4ccccc4)cc3)c3c(N)ncnc32)C1. The van der Waals surface area contributed by atoms with Gasteiger partial charge in [0.25, 0.3) is 5.91 Å². The summed E-state index contributed by atoms with van der Waals surface area (Å²) in [6.45, 7) is 5.25. The first-order chi connectivity index (χ1) is 20.1. The molecule has 1 fully saturated rings. The lowest BCUT2D eigenvalue weighted by Crippen LogP contribution is -2.42. The standard InChI is InChI=1S/C32H30N6O3/c1-22(20-40-25-10-4-2-5-11-25)32(39)37-18-8-9-24(19-37)38-31-28(30(33)34-21-35-31)29(36-38)23-14-16-27(17-15-23)41-26-12-6-3-7-13-26/h2-7,10-17,21,24H,1,8-9,18-20H2,(H2,33,34,35). The minimum absolute atomic E-state index is 0.0817. The highest BCUT2D eigenvalue weighted by Crippen LogP contribution is 2.35. The number of fused-ring (bicyclic) bond motifs is 1. The van der Waals surface area contributed by atoms with Gasteiger partial charge in [0.1, 0.15) is 41.7 Å². The third-order valence-electron chi connectivity index (χ3n) is 7.11. The molecule has 206 valence electrons. The van der Waals surface area contributed by atoms with E-state index < -0.39 is 0 Å². The average Bonchev–Trinajstić information content (AvgIpc) is 3.42. The zero-order valence-corrected chi connectivity index (χ0v) is 22.5. The van der Waals surface area contributed by atoms with Crippen LogP contribution in [0.2, 0.25) is 0 Å². The highest BCUT2D eigenvalue weighted by Gasteiger charge is 2.29. The van der Waals surface area contributed by atoms with Crippen LogP contribution >= 0.6 is 0 Å². The number of hydrogen-bond donors (Lipinski definition) is 1. The fourth-order valence-corrected chi connectivity index (χ4v) is 5.07. The van der Waals surface area contributed by atoms with Gasteiger partial charge in [-0.1, -0.05) is 43.0 Å². The van der Waals surface area contributed by atoms with Crippen molar-refractivity contribution >= 4 is 22.8 Å². The van der Waals surface area contributed by atoms with Gasteiger partial charge in [-0.25, -0.2) is 14.6 Å². The predicted molar refractivity (Wildman–Crippen MR) is 158 cm³/mol. The lowest BCUT2D eigenvalue weighted by atomic mass is 10.0. The molecule has 0 aliphatic carbocycles. The molecule has 1 aliphatic rings. The smallest absolute Gasteiger partial charge is 0.252 e. The predicted octanol–water partition coefficient (Wildman–Crippen LogP) is 5.67. The van der Waals surface area contributed by atoms with Crippen LogP contribution in [0.5, 0.6) is 17.2 Å². The molecule has 0 bridgehead atoms. The number of piperidine rings is 1. The Balaban J connectivity index is 1.22. The first-order valence-electron chi connectivity index (χ1n) is 13.5. The van der Waals surface area contributed by atoms with Crippen LogP contribution in [0.25, 0.3) is 22.3 Å². The number of para-hydroxylation sites is 2. The number of likely N-dealkylation sites (tertiary alicyclic amines) is 1. The second-order valence-corrected chi connectivity index (χ2v) is 9.94. The van der Waals surface area contributed by atoms with Gasteiger partial charge >= 0.3 is 0 Å². The number of anilines is 1. The Morgan fingerprint density at radius 1 is 0.927 bits per heavy atom. The van der Waals surface area contributed by atoms with Crippen molar-refractivity contribution in [3.63, 3.8) is 0 Å². The largest absolute Gasteiger partial charge is 0.489 e. The number of aromatic nitrogens is 4. The van der Waals surface area contributed by atoms with E-state index in [1.54, 1.807) is 0 Å². The van der Waals surface area contributed by atoms with Crippen LogP contribution in [0.15, 0.2) is 103 Å². The number of benzene rings is 3. The number of hydrogen-bond acceptors (Lipinski definition) is 7. The zero-order chi connectivity index (χ0) is 28.2. The molecule has 3 aromatic carbocycles. The third-order valence-corrected chi connectivity index (χ3v) is 7.11. The van der Waals surface area contributed by atoms with Crippen molar-refractivity contribution in [1.82, 2.24) is 24.6 Å². The summed E-state index contributed by atoms with van der Waals surface area (Å²) in [6, 6.07) is 26.6. The van der Waals surface area contributed by atoms with E-state index in [1.165, 1.54) is 6.33 Å². The lowest BCUT2D eigenvalue weighted by Gasteiger charge is -2.33.